The van der Waals surface area contributed by atoms with Crippen molar-refractivity contribution in [1.82, 2.24) is 0 Å². The van der Waals surface area contributed by atoms with E-state index in [1.54, 1.807) is 12.1 Å². The van der Waals surface area contributed by atoms with Gasteiger partial charge in [0.15, 0.2) is 0 Å². The second-order valence-electron chi connectivity index (χ2n) is 2.64. The molecule has 0 spiro atoms. The first-order chi connectivity index (χ1) is 6.83. The van der Waals surface area contributed by atoms with Gasteiger partial charge in [0.2, 0.25) is 0 Å². The summed E-state index contributed by atoms with van der Waals surface area (Å²) in [5.41, 5.74) is 0. The average Bonchev–Trinajstić information content (AvgIpc) is 2.21. The summed E-state index contributed by atoms with van der Waals surface area (Å²) in [6.45, 7) is 1.13. The average molecular weight is 200 g/mol. The van der Waals surface area contributed by atoms with Gasteiger partial charge >= 0.3 is 0 Å². The smallest absolute Gasteiger partial charge is 0.123 e. The molecule has 0 heterocycles. The van der Waals surface area contributed by atoms with Crippen LogP contribution in [0.25, 0.3) is 0 Å². The van der Waals surface area contributed by atoms with E-state index in [1.165, 1.54) is 12.1 Å². The molecular weight excluding hydrogens is 187 g/mol. The summed E-state index contributed by atoms with van der Waals surface area (Å²) in [5.74, 6) is 0.327. The van der Waals surface area contributed by atoms with Gasteiger partial charge in [-0.3, -0.25) is 0 Å². The maximum Gasteiger partial charge on any atom is 0.123 e. The lowest BCUT2D eigenvalue weighted by atomic mass is 10.3. The largest absolute Gasteiger partial charge is 0.491 e. The summed E-state index contributed by atoms with van der Waals surface area (Å²) < 4.78 is 22.7. The normalized spacial score (nSPS) is 10.1. The zero-order valence-corrected chi connectivity index (χ0v) is 7.78. The van der Waals surface area contributed by atoms with Crippen LogP contribution in [-0.2, 0) is 4.74 Å². The molecule has 1 aromatic carbocycles. The Morgan fingerprint density at radius 2 is 1.79 bits per heavy atom. The van der Waals surface area contributed by atoms with Gasteiger partial charge in [0, 0.05) is 0 Å². The minimum Gasteiger partial charge on any atom is -0.491 e. The zero-order chi connectivity index (χ0) is 10.2. The van der Waals surface area contributed by atoms with E-state index in [2.05, 4.69) is 0 Å². The van der Waals surface area contributed by atoms with Gasteiger partial charge in [-0.2, -0.15) is 0 Å². The van der Waals surface area contributed by atoms with Crippen molar-refractivity contribution in [2.75, 3.05) is 26.4 Å². The number of hydrogen-bond donors (Lipinski definition) is 1. The molecule has 0 aliphatic rings. The Hall–Kier alpha value is -1.13. The van der Waals surface area contributed by atoms with E-state index >= 15 is 0 Å². The molecule has 0 aromatic heterocycles. The molecule has 0 saturated heterocycles. The summed E-state index contributed by atoms with van der Waals surface area (Å²) >= 11 is 0. The summed E-state index contributed by atoms with van der Waals surface area (Å²) in [4.78, 5) is 0. The Morgan fingerprint density at radius 3 is 2.43 bits per heavy atom. The molecule has 0 aliphatic carbocycles. The van der Waals surface area contributed by atoms with Crippen LogP contribution in [0.3, 0.4) is 0 Å². The molecule has 78 valence electrons. The van der Waals surface area contributed by atoms with Crippen molar-refractivity contribution in [2.24, 2.45) is 0 Å². The minimum absolute atomic E-state index is 0.0105. The third-order valence-electron chi connectivity index (χ3n) is 1.55. The van der Waals surface area contributed by atoms with E-state index in [-0.39, 0.29) is 12.4 Å². The molecule has 3 nitrogen and oxygen atoms in total. The second-order valence-corrected chi connectivity index (χ2v) is 2.64. The zero-order valence-electron chi connectivity index (χ0n) is 7.78. The third-order valence-corrected chi connectivity index (χ3v) is 1.55. The highest BCUT2D eigenvalue weighted by atomic mass is 19.1. The highest BCUT2D eigenvalue weighted by Crippen LogP contribution is 2.10. The third kappa shape index (κ3) is 4.20. The van der Waals surface area contributed by atoms with Crippen molar-refractivity contribution in [1.29, 1.82) is 0 Å². The lowest BCUT2D eigenvalue weighted by Crippen LogP contribution is -2.08. The number of aliphatic hydroxyl groups is 1. The molecule has 14 heavy (non-hydrogen) atoms. The molecule has 4 heteroatoms. The number of rotatable bonds is 6. The van der Waals surface area contributed by atoms with Crippen molar-refractivity contribution in [3.05, 3.63) is 30.1 Å². The number of benzene rings is 1. The predicted molar refractivity (Wildman–Crippen MR) is 49.8 cm³/mol. The van der Waals surface area contributed by atoms with Gasteiger partial charge in [0.1, 0.15) is 18.2 Å². The quantitative estimate of drug-likeness (QED) is 0.701. The van der Waals surface area contributed by atoms with E-state index in [0.717, 1.165) is 0 Å². The molecule has 1 aromatic rings. The number of aliphatic hydroxyl groups excluding tert-OH is 1. The van der Waals surface area contributed by atoms with Gasteiger partial charge < -0.3 is 14.6 Å². The molecule has 0 amide bonds. The Bertz CT molecular complexity index is 248. The standard InChI is InChI=1S/C10H13FO3/c11-9-1-3-10(4-2-9)14-8-7-13-6-5-12/h1-4,12H,5-8H2. The van der Waals surface area contributed by atoms with Crippen LogP contribution in [0, 0.1) is 5.82 Å². The molecule has 0 radical (unpaired) electrons. The van der Waals surface area contributed by atoms with E-state index in [9.17, 15) is 4.39 Å². The molecule has 1 rings (SSSR count). The van der Waals surface area contributed by atoms with Crippen LogP contribution in [0.15, 0.2) is 24.3 Å². The molecule has 0 bridgehead atoms. The van der Waals surface area contributed by atoms with E-state index in [0.29, 0.717) is 25.6 Å². The van der Waals surface area contributed by atoms with Crippen LogP contribution in [0.5, 0.6) is 5.75 Å². The first kappa shape index (κ1) is 10.9. The van der Waals surface area contributed by atoms with Crippen LogP contribution >= 0.6 is 0 Å². The van der Waals surface area contributed by atoms with Crippen molar-refractivity contribution in [3.63, 3.8) is 0 Å². The first-order valence-corrected chi connectivity index (χ1v) is 4.40. The van der Waals surface area contributed by atoms with Crippen LogP contribution < -0.4 is 4.74 Å². The number of hydrogen-bond acceptors (Lipinski definition) is 3. The van der Waals surface area contributed by atoms with E-state index in [4.69, 9.17) is 14.6 Å². The van der Waals surface area contributed by atoms with Gasteiger partial charge in [0.05, 0.1) is 19.8 Å². The fraction of sp³-hybridized carbons (Fsp3) is 0.400. The summed E-state index contributed by atoms with van der Waals surface area (Å²) in [7, 11) is 0. The highest BCUT2D eigenvalue weighted by molar-refractivity contribution is 5.21. The fourth-order valence-corrected chi connectivity index (χ4v) is 0.916. The monoisotopic (exact) mass is 200 g/mol. The van der Waals surface area contributed by atoms with Crippen LogP contribution in [0.2, 0.25) is 0 Å². The number of ether oxygens (including phenoxy) is 2. The van der Waals surface area contributed by atoms with E-state index < -0.39 is 0 Å². The van der Waals surface area contributed by atoms with E-state index in [1.807, 2.05) is 0 Å². The van der Waals surface area contributed by atoms with Gasteiger partial charge in [0.25, 0.3) is 0 Å². The van der Waals surface area contributed by atoms with Crippen LogP contribution in [0.1, 0.15) is 0 Å². The summed E-state index contributed by atoms with van der Waals surface area (Å²) in [6, 6.07) is 5.79. The topological polar surface area (TPSA) is 38.7 Å². The molecule has 0 unspecified atom stereocenters. The SMILES string of the molecule is OCCOCCOc1ccc(F)cc1. The minimum atomic E-state index is -0.283. The van der Waals surface area contributed by atoms with Crippen molar-refractivity contribution < 1.29 is 19.0 Å². The molecular formula is C10H13FO3. The number of halogens is 1. The van der Waals surface area contributed by atoms with Crippen molar-refractivity contribution in [3.8, 4) is 5.75 Å². The maximum atomic E-state index is 12.5. The molecule has 1 N–H and O–H groups in total. The predicted octanol–water partition coefficient (Wildman–Crippen LogP) is 1.21. The highest BCUT2D eigenvalue weighted by Gasteiger charge is 1.94. The molecule has 0 atom stereocenters. The van der Waals surface area contributed by atoms with Gasteiger partial charge in [-0.25, -0.2) is 4.39 Å². The van der Waals surface area contributed by atoms with Crippen molar-refractivity contribution in [2.45, 2.75) is 0 Å². The van der Waals surface area contributed by atoms with Crippen molar-refractivity contribution >= 4 is 0 Å². The maximum absolute atomic E-state index is 12.5. The molecule has 0 fully saturated rings. The first-order valence-electron chi connectivity index (χ1n) is 4.40. The summed E-state index contributed by atoms with van der Waals surface area (Å²) in [5, 5.41) is 8.41. The lowest BCUT2D eigenvalue weighted by molar-refractivity contribution is 0.0705. The lowest BCUT2D eigenvalue weighted by Gasteiger charge is -2.05. The van der Waals surface area contributed by atoms with Gasteiger partial charge in [-0.15, -0.1) is 0 Å². The second kappa shape index (κ2) is 6.34. The van der Waals surface area contributed by atoms with Gasteiger partial charge in [-0.05, 0) is 24.3 Å². The molecule has 0 saturated carbocycles. The van der Waals surface area contributed by atoms with Crippen LogP contribution in [0.4, 0.5) is 4.39 Å². The Labute approximate surface area is 82.1 Å². The Kier molecular flexibility index (Phi) is 4.96. The fourth-order valence-electron chi connectivity index (χ4n) is 0.916. The Balaban J connectivity index is 2.15. The summed E-state index contributed by atoms with van der Waals surface area (Å²) in [6.07, 6.45) is 0. The molecule has 0 aliphatic heterocycles. The van der Waals surface area contributed by atoms with Gasteiger partial charge in [-0.1, -0.05) is 0 Å². The van der Waals surface area contributed by atoms with Crippen LogP contribution in [-0.4, -0.2) is 31.5 Å². The Morgan fingerprint density at radius 1 is 1.07 bits per heavy atom.